The maximum atomic E-state index is 9.34. The van der Waals surface area contributed by atoms with Gasteiger partial charge in [-0.25, -0.2) is 0 Å². The van der Waals surface area contributed by atoms with Gasteiger partial charge in [0.05, 0.1) is 24.1 Å². The number of aliphatic carboxylic acids is 2. The van der Waals surface area contributed by atoms with Crippen LogP contribution in [0.2, 0.25) is 0 Å². The van der Waals surface area contributed by atoms with Crippen molar-refractivity contribution in [2.75, 3.05) is 13.1 Å². The first-order valence-electron chi connectivity index (χ1n) is 4.38. The molecule has 0 saturated carbocycles. The third-order valence-corrected chi connectivity index (χ3v) is 0.849. The molecule has 0 aliphatic rings. The Kier molecular flexibility index (Phi) is 26.6. The van der Waals surface area contributed by atoms with Gasteiger partial charge in [-0.15, -0.1) is 0 Å². The minimum atomic E-state index is -1.44. The standard InChI is InChI=1S/2C3H6O3.C2H8N2.Pt/c2*1-2(4)3(5)6;3-1-2-4;/h2*2,4H,1H3,(H,5,6);1-4H2;/q;;;+2/p-2. The zero-order chi connectivity index (χ0) is 13.7. The molecular weight excluding hydrogens is 415 g/mol. The summed E-state index contributed by atoms with van der Waals surface area (Å²) < 4.78 is 0. The SMILES string of the molecule is CC(O)C(=O)[O-].CC(O)C(=O)[O-].NCCN.[Pt+2]. The van der Waals surface area contributed by atoms with Gasteiger partial charge in [0, 0.05) is 13.1 Å². The summed E-state index contributed by atoms with van der Waals surface area (Å²) in [5, 5.41) is 34.6. The van der Waals surface area contributed by atoms with Gasteiger partial charge in [-0.1, -0.05) is 0 Å². The van der Waals surface area contributed by atoms with Crippen molar-refractivity contribution in [2.45, 2.75) is 26.1 Å². The molecule has 0 aromatic rings. The Bertz CT molecular complexity index is 169. The van der Waals surface area contributed by atoms with E-state index in [4.69, 9.17) is 21.7 Å². The van der Waals surface area contributed by atoms with Crippen LogP contribution in [0.5, 0.6) is 0 Å². The number of carboxylic acid groups (broad SMARTS) is 2. The predicted molar refractivity (Wildman–Crippen MR) is 51.5 cm³/mol. The maximum absolute atomic E-state index is 9.34. The van der Waals surface area contributed by atoms with Crippen molar-refractivity contribution in [3.63, 3.8) is 0 Å². The number of aliphatic hydroxyl groups is 2. The molecule has 9 heteroatoms. The molecule has 8 nitrogen and oxygen atoms in total. The summed E-state index contributed by atoms with van der Waals surface area (Å²) in [5.41, 5.74) is 9.81. The molecule has 2 atom stereocenters. The van der Waals surface area contributed by atoms with Crippen LogP contribution in [-0.4, -0.2) is 47.4 Å². The first-order valence-corrected chi connectivity index (χ1v) is 4.38. The molecule has 0 radical (unpaired) electrons. The molecule has 0 rings (SSSR count). The van der Waals surface area contributed by atoms with Crippen LogP contribution >= 0.6 is 0 Å². The van der Waals surface area contributed by atoms with Crippen molar-refractivity contribution in [3.05, 3.63) is 0 Å². The fourth-order valence-electron chi connectivity index (χ4n) is 0. The Hall–Kier alpha value is -0.532. The van der Waals surface area contributed by atoms with Gasteiger partial charge < -0.3 is 41.5 Å². The number of hydrogen-bond donors (Lipinski definition) is 4. The number of rotatable bonds is 3. The van der Waals surface area contributed by atoms with Gasteiger partial charge in [0.1, 0.15) is 0 Å². The molecule has 0 aromatic carbocycles. The van der Waals surface area contributed by atoms with Gasteiger partial charge >= 0.3 is 21.1 Å². The molecular formula is C8H18N2O6Pt. The first-order chi connectivity index (χ1) is 7.20. The number of aliphatic hydroxyl groups excluding tert-OH is 2. The van der Waals surface area contributed by atoms with E-state index in [2.05, 4.69) is 0 Å². The van der Waals surface area contributed by atoms with Gasteiger partial charge in [-0.3, -0.25) is 0 Å². The molecule has 0 fully saturated rings. The zero-order valence-corrected chi connectivity index (χ0v) is 11.8. The van der Waals surface area contributed by atoms with Crippen molar-refractivity contribution in [2.24, 2.45) is 11.5 Å². The molecule has 2 unspecified atom stereocenters. The van der Waals surface area contributed by atoms with Crippen LogP contribution in [0.15, 0.2) is 0 Å². The van der Waals surface area contributed by atoms with Crippen LogP contribution in [0.4, 0.5) is 0 Å². The third kappa shape index (κ3) is 39.1. The summed E-state index contributed by atoms with van der Waals surface area (Å²) in [6.45, 7) is 3.46. The predicted octanol–water partition coefficient (Wildman–Crippen LogP) is -4.86. The molecule has 0 amide bonds. The topological polar surface area (TPSA) is 173 Å². The van der Waals surface area contributed by atoms with Crippen molar-refractivity contribution in [3.8, 4) is 0 Å². The monoisotopic (exact) mass is 433 g/mol. The molecule has 0 spiro atoms. The summed E-state index contributed by atoms with van der Waals surface area (Å²) in [6.07, 6.45) is -2.69. The Morgan fingerprint density at radius 2 is 1.12 bits per heavy atom. The quantitative estimate of drug-likeness (QED) is 0.343. The molecule has 0 aliphatic heterocycles. The Balaban J connectivity index is -0.0000000741. The second-order valence-electron chi connectivity index (χ2n) is 2.57. The van der Waals surface area contributed by atoms with Crippen LogP contribution < -0.4 is 21.7 Å². The minimum Gasteiger partial charge on any atom is -0.547 e. The number of nitrogens with two attached hydrogens (primary N) is 2. The van der Waals surface area contributed by atoms with Crippen LogP contribution in [0, 0.1) is 0 Å². The molecule has 17 heavy (non-hydrogen) atoms. The van der Waals surface area contributed by atoms with E-state index in [0.29, 0.717) is 13.1 Å². The van der Waals surface area contributed by atoms with E-state index < -0.39 is 24.1 Å². The van der Waals surface area contributed by atoms with Crippen molar-refractivity contribution in [1.82, 2.24) is 0 Å². The normalized spacial score (nSPS) is 11.4. The molecule has 0 heterocycles. The summed E-state index contributed by atoms with van der Waals surface area (Å²) in [5.74, 6) is -2.87. The first kappa shape index (κ1) is 25.3. The van der Waals surface area contributed by atoms with E-state index in [0.717, 1.165) is 13.8 Å². The zero-order valence-electron chi connectivity index (χ0n) is 9.57. The van der Waals surface area contributed by atoms with Gasteiger partial charge in [-0.05, 0) is 13.8 Å². The summed E-state index contributed by atoms with van der Waals surface area (Å²) in [7, 11) is 0. The van der Waals surface area contributed by atoms with E-state index >= 15 is 0 Å². The van der Waals surface area contributed by atoms with Gasteiger partial charge in [-0.2, -0.15) is 0 Å². The number of hydrogen-bond acceptors (Lipinski definition) is 8. The van der Waals surface area contributed by atoms with E-state index in [1.165, 1.54) is 0 Å². The molecule has 0 saturated heterocycles. The number of carbonyl (C=O) groups is 2. The molecule has 6 N–H and O–H groups in total. The van der Waals surface area contributed by atoms with Crippen LogP contribution in [0.3, 0.4) is 0 Å². The smallest absolute Gasteiger partial charge is 0.547 e. The third-order valence-electron chi connectivity index (χ3n) is 0.849. The summed E-state index contributed by atoms with van der Waals surface area (Å²) in [4.78, 5) is 18.7. The average Bonchev–Trinajstić information content (AvgIpc) is 2.18. The van der Waals surface area contributed by atoms with Crippen LogP contribution in [0.1, 0.15) is 13.8 Å². The molecule has 0 aliphatic carbocycles. The van der Waals surface area contributed by atoms with Gasteiger partial charge in [0.15, 0.2) is 0 Å². The van der Waals surface area contributed by atoms with E-state index in [-0.39, 0.29) is 21.1 Å². The van der Waals surface area contributed by atoms with Crippen molar-refractivity contribution in [1.29, 1.82) is 0 Å². The maximum Gasteiger partial charge on any atom is 2.00 e. The van der Waals surface area contributed by atoms with E-state index in [1.807, 2.05) is 0 Å². The number of carboxylic acids is 2. The minimum absolute atomic E-state index is 0. The van der Waals surface area contributed by atoms with Crippen molar-refractivity contribution >= 4 is 11.9 Å². The van der Waals surface area contributed by atoms with E-state index in [9.17, 15) is 19.8 Å². The Labute approximate surface area is 114 Å². The second-order valence-corrected chi connectivity index (χ2v) is 2.57. The molecule has 0 aromatic heterocycles. The number of carbonyl (C=O) groups excluding carboxylic acids is 2. The molecule has 106 valence electrons. The Morgan fingerprint density at radius 3 is 1.12 bits per heavy atom. The summed E-state index contributed by atoms with van der Waals surface area (Å²) >= 11 is 0. The van der Waals surface area contributed by atoms with Gasteiger partial charge in [0.2, 0.25) is 0 Å². The van der Waals surface area contributed by atoms with Crippen LogP contribution in [0.25, 0.3) is 0 Å². The van der Waals surface area contributed by atoms with E-state index in [1.54, 1.807) is 0 Å². The van der Waals surface area contributed by atoms with Crippen molar-refractivity contribution < 1.29 is 51.1 Å². The fraction of sp³-hybridized carbons (Fsp3) is 0.750. The largest absolute Gasteiger partial charge is 2.00 e. The van der Waals surface area contributed by atoms with Crippen LogP contribution in [-0.2, 0) is 30.7 Å². The molecule has 0 bridgehead atoms. The fourth-order valence-corrected chi connectivity index (χ4v) is 0. The second kappa shape index (κ2) is 17.9. The Morgan fingerprint density at radius 1 is 1.00 bits per heavy atom. The van der Waals surface area contributed by atoms with Gasteiger partial charge in [0.25, 0.3) is 0 Å². The summed E-state index contributed by atoms with van der Waals surface area (Å²) in [6, 6.07) is 0. The average molecular weight is 433 g/mol.